The van der Waals surface area contributed by atoms with Crippen LogP contribution in [0.2, 0.25) is 0 Å². The Balaban J connectivity index is 0.000000139. The van der Waals surface area contributed by atoms with Gasteiger partial charge in [0, 0.05) is 167 Å². The number of aromatic nitrogens is 16. The molecule has 40 nitrogen and oxygen atoms in total. The van der Waals surface area contributed by atoms with E-state index >= 15 is 0 Å². The number of amides is 7. The largest absolute Gasteiger partial charge is 0.378 e. The van der Waals surface area contributed by atoms with Crippen LogP contribution in [0, 0.1) is 5.92 Å². The molecule has 18 heterocycles. The molecule has 1 saturated carbocycles. The van der Waals surface area contributed by atoms with Crippen LogP contribution in [-0.4, -0.2) is 285 Å². The molecule has 0 spiro atoms. The summed E-state index contributed by atoms with van der Waals surface area (Å²) < 4.78 is 27.0. The number of rotatable bonds is 22. The van der Waals surface area contributed by atoms with Gasteiger partial charge in [0.2, 0.25) is 5.91 Å². The average Bonchev–Trinajstić information content (AvgIpc) is 1.64. The summed E-state index contributed by atoms with van der Waals surface area (Å²) in [7, 11) is 3.33. The van der Waals surface area contributed by atoms with E-state index in [0.29, 0.717) is 109 Å². The highest BCUT2D eigenvalue weighted by Gasteiger charge is 2.31. The van der Waals surface area contributed by atoms with Crippen LogP contribution in [0.4, 0.5) is 67.9 Å². The van der Waals surface area contributed by atoms with Gasteiger partial charge in [-0.2, -0.15) is 20.4 Å². The summed E-state index contributed by atoms with van der Waals surface area (Å²) >= 11 is 0. The smallest absolute Gasteiger partial charge is 0.321 e. The summed E-state index contributed by atoms with van der Waals surface area (Å²) in [5.41, 5.74) is 17.5. The summed E-state index contributed by atoms with van der Waals surface area (Å²) in [6.45, 7) is 18.3. The lowest BCUT2D eigenvalue weighted by Crippen LogP contribution is -2.36. The molecule has 147 heavy (non-hydrogen) atoms. The number of fused-ring (bicyclic) bond motifs is 4. The zero-order valence-electron chi connectivity index (χ0n) is 78.7. The van der Waals surface area contributed by atoms with Crippen LogP contribution in [0.25, 0.3) is 88.1 Å². The number of anilines is 11. The van der Waals surface area contributed by atoms with Crippen LogP contribution in [0.5, 0.6) is 0 Å². The van der Waals surface area contributed by atoms with Gasteiger partial charge in [0.15, 0.2) is 22.8 Å². The first-order valence-electron chi connectivity index (χ1n) is 47.6. The van der Waals surface area contributed by atoms with Crippen LogP contribution >= 0.6 is 0 Å². The molecule has 0 unspecified atom stereocenters. The molecule has 10 N–H and O–H groups in total. The molecule has 12 aromatic heterocycles. The van der Waals surface area contributed by atoms with Crippen LogP contribution < -0.4 is 56.4 Å². The van der Waals surface area contributed by atoms with Crippen molar-refractivity contribution in [2.75, 3.05) is 215 Å². The Morgan fingerprint density at radius 1 is 0.313 bits per heavy atom. The van der Waals surface area contributed by atoms with Gasteiger partial charge in [-0.15, -0.1) is 0 Å². The predicted molar refractivity (Wildman–Crippen MR) is 572 cm³/mol. The first kappa shape index (κ1) is 103. The molecular formula is C107H121N29O11. The lowest BCUT2D eigenvalue weighted by molar-refractivity contribution is -0.117. The number of hydrogen-bond acceptors (Lipinski definition) is 29. The zero-order chi connectivity index (χ0) is 97.5. The van der Waals surface area contributed by atoms with E-state index in [9.17, 15) is 28.8 Å². The van der Waals surface area contributed by atoms with Gasteiger partial charge in [0.05, 0.1) is 171 Å². The molecule has 4 aromatic carbocycles. The Morgan fingerprint density at radius 3 is 0.925 bits per heavy atom. The van der Waals surface area contributed by atoms with Gasteiger partial charge in [-0.1, -0.05) is 54.0 Å². The molecule has 7 fully saturated rings. The van der Waals surface area contributed by atoms with E-state index in [1.165, 1.54) is 16.9 Å². The van der Waals surface area contributed by atoms with Crippen molar-refractivity contribution in [3.8, 4) is 44.5 Å². The maximum absolute atomic E-state index is 13.1. The third-order valence-corrected chi connectivity index (χ3v) is 25.4. The Kier molecular flexibility index (Phi) is 33.8. The van der Waals surface area contributed by atoms with Crippen LogP contribution in [0.1, 0.15) is 96.5 Å². The zero-order valence-corrected chi connectivity index (χ0v) is 78.7. The Hall–Kier alpha value is -16.7. The number of carbonyl (C=O) groups is 6. The van der Waals surface area contributed by atoms with Crippen molar-refractivity contribution in [1.29, 1.82) is 0 Å². The van der Waals surface area contributed by atoms with Crippen molar-refractivity contribution < 1.29 is 52.5 Å². The highest BCUT2D eigenvalue weighted by Crippen LogP contribution is 2.36. The highest BCUT2D eigenvalue weighted by molar-refractivity contribution is 6.15. The summed E-state index contributed by atoms with van der Waals surface area (Å²) in [5.74, 6) is 2.36. The molecule has 1 aliphatic carbocycles. The van der Waals surface area contributed by atoms with E-state index < -0.39 is 0 Å². The van der Waals surface area contributed by atoms with Crippen molar-refractivity contribution in [3.05, 3.63) is 248 Å². The standard InChI is InChI=1S/C26H27N7O3.C26H25N7O3.C26H27N7O2.C25H26N8O3.4CH4/c34-26(29-20-2-4-24(28-16-20)33-7-11-36-12-8-33)25-22-14-18(1-3-23(22)30-31-25)19-13-21(17-27-15-19)32-5-9-35-10-6-32;34-25(16-1-2-16)30-20-11-18(13-27-14-20)17-3-5-22-21(12-17)24(32-31-22)26(35)29-19-4-6-23(28-15-19)33-7-9-36-10-8-33;34-26(29-21-3-5-24(28-16-21)33-8-10-35-11-9-33)25-22-13-19(2-4-23(22)30-31-25)20-12-18(14-27-15-20)17-32-6-1-7-32;1-32(2)25(35)29-19-11-17(13-26-14-19)16-3-5-21-20(12-16)23(31-30-21)24(34)28-18-4-6-22(27-15-18)33-7-9-36-10-8-33;;;;/h1-4,13-17H,5-12H2,(H,29,34)(H,30,31);3-6,11-16H,1-2,7-10H2,(H,29,35)(H,30,34)(H,31,32);2-5,12-16H,1,6-11,17H2,(H,29,34)(H,30,31);3-6,11-15H,7-10H2,1-2H3,(H,28,34)(H,29,35)(H,30,31);4*1H4. The summed E-state index contributed by atoms with van der Waals surface area (Å²) in [6.07, 6.45) is 23.9. The van der Waals surface area contributed by atoms with E-state index in [4.69, 9.17) is 23.7 Å². The molecule has 40 heteroatoms. The maximum atomic E-state index is 13.1. The molecule has 16 aromatic rings. The van der Waals surface area contributed by atoms with E-state index in [1.807, 2.05) is 158 Å². The monoisotopic (exact) mass is 1990 g/mol. The number of carbonyl (C=O) groups excluding carboxylic acids is 6. The number of benzene rings is 4. The van der Waals surface area contributed by atoms with Crippen molar-refractivity contribution in [2.24, 2.45) is 5.92 Å². The van der Waals surface area contributed by atoms with Crippen molar-refractivity contribution in [3.63, 3.8) is 0 Å². The molecule has 0 atom stereocenters. The number of hydrogen-bond donors (Lipinski definition) is 10. The first-order valence-corrected chi connectivity index (χ1v) is 47.6. The number of urea groups is 1. The lowest BCUT2D eigenvalue weighted by Gasteiger charge is -2.30. The minimum Gasteiger partial charge on any atom is -0.378 e. The van der Waals surface area contributed by atoms with Gasteiger partial charge in [0.1, 0.15) is 23.3 Å². The van der Waals surface area contributed by atoms with Gasteiger partial charge in [0.25, 0.3) is 23.6 Å². The SMILES string of the molecule is C.C.C.C.CN(C)C(=O)Nc1cncc(-c2ccc3[nH]nc(C(=O)Nc4ccc(N5CCOCC5)nc4)c3c2)c1.O=C(Nc1ccc(N2CCOCC2)nc1)c1n[nH]c2ccc(-c3cncc(CN4CCC4)c3)cc12.O=C(Nc1ccc(N2CCOCC2)nc1)c1n[nH]c2ccc(-c3cncc(N4CCOCC4)c3)cc12.O=C(Nc1ccc(N2CCOCC2)nc1)c1n[nH]c2ccc(-c3cncc(NC(=O)C4CC4)c3)cc12. The molecule has 23 rings (SSSR count). The second-order valence-corrected chi connectivity index (χ2v) is 35.4. The number of aromatic amines is 4. The molecule has 6 aliphatic heterocycles. The summed E-state index contributed by atoms with van der Waals surface area (Å²) in [6, 6.07) is 46.0. The van der Waals surface area contributed by atoms with E-state index in [0.717, 1.165) is 217 Å². The van der Waals surface area contributed by atoms with E-state index in [-0.39, 0.29) is 82.6 Å². The topological polar surface area (TPSA) is 461 Å². The first-order chi connectivity index (χ1) is 70.1. The number of ether oxygens (including phenoxy) is 5. The number of pyridine rings is 8. The van der Waals surface area contributed by atoms with Gasteiger partial charge in [-0.25, -0.2) is 24.7 Å². The number of nitrogens with one attached hydrogen (secondary N) is 10. The number of morpholine rings is 5. The molecule has 7 amide bonds. The van der Waals surface area contributed by atoms with Crippen molar-refractivity contribution >= 4 is 142 Å². The van der Waals surface area contributed by atoms with Crippen molar-refractivity contribution in [1.82, 2.24) is 90.5 Å². The Labute approximate surface area is 850 Å². The van der Waals surface area contributed by atoms with Crippen LogP contribution in [0.3, 0.4) is 0 Å². The fraction of sp³-hybridized carbons (Fsp3) is 0.308. The molecule has 7 aliphatic rings. The molecule has 6 saturated heterocycles. The van der Waals surface area contributed by atoms with Gasteiger partial charge >= 0.3 is 6.03 Å². The van der Waals surface area contributed by atoms with Gasteiger partial charge in [-0.3, -0.25) is 69.2 Å². The quantitative estimate of drug-likeness (QED) is 0.0301. The highest BCUT2D eigenvalue weighted by atomic mass is 16.5. The van der Waals surface area contributed by atoms with Gasteiger partial charge < -0.3 is 85.0 Å². The average molecular weight is 1990 g/mol. The Morgan fingerprint density at radius 2 is 0.619 bits per heavy atom. The molecule has 760 valence electrons. The third kappa shape index (κ3) is 25.2. The lowest BCUT2D eigenvalue weighted by atomic mass is 10.0. The van der Waals surface area contributed by atoms with Crippen LogP contribution in [-0.2, 0) is 35.0 Å². The van der Waals surface area contributed by atoms with E-state index in [1.54, 1.807) is 63.7 Å². The predicted octanol–water partition coefficient (Wildman–Crippen LogP) is 15.5. The second-order valence-electron chi connectivity index (χ2n) is 35.4. The fourth-order valence-electron chi connectivity index (χ4n) is 17.3. The van der Waals surface area contributed by atoms with Crippen LogP contribution in [0.15, 0.2) is 220 Å². The second kappa shape index (κ2) is 48.2. The minimum absolute atomic E-state index is 0. The molecule has 0 bridgehead atoms. The number of likely N-dealkylation sites (tertiary alicyclic amines) is 1. The molecular weight excluding hydrogens is 1870 g/mol. The minimum atomic E-state index is -0.343. The summed E-state index contributed by atoms with van der Waals surface area (Å²) in [4.78, 5) is 127. The number of nitrogens with zero attached hydrogens (tertiary/aromatic N) is 19. The van der Waals surface area contributed by atoms with E-state index in [2.05, 4.69) is 154 Å². The summed E-state index contributed by atoms with van der Waals surface area (Å²) in [5, 5.41) is 49.0. The normalized spacial score (nSPS) is 15.0. The molecule has 0 radical (unpaired) electrons. The number of H-pyrrole nitrogens is 4. The third-order valence-electron chi connectivity index (χ3n) is 25.4. The van der Waals surface area contributed by atoms with Gasteiger partial charge in [-0.05, 0) is 181 Å². The Bertz CT molecular complexity index is 7020. The fourth-order valence-corrected chi connectivity index (χ4v) is 17.3. The maximum Gasteiger partial charge on any atom is 0.321 e. The van der Waals surface area contributed by atoms with Crippen molar-refractivity contribution in [2.45, 2.75) is 55.5 Å².